The normalized spacial score (nSPS) is 20.9. The highest BCUT2D eigenvalue weighted by Crippen LogP contribution is 2.42. The summed E-state index contributed by atoms with van der Waals surface area (Å²) in [4.78, 5) is 2.48. The zero-order valence-corrected chi connectivity index (χ0v) is 14.1. The molecule has 1 aliphatic carbocycles. The van der Waals surface area contributed by atoms with E-state index in [1.165, 1.54) is 19.3 Å². The molecule has 0 amide bonds. The second kappa shape index (κ2) is 8.33. The van der Waals surface area contributed by atoms with E-state index in [4.69, 9.17) is 0 Å². The Morgan fingerprint density at radius 2 is 1.86 bits per heavy atom. The van der Waals surface area contributed by atoms with Crippen LogP contribution in [0.5, 0.6) is 0 Å². The Balaban J connectivity index is 0.00000110. The maximum Gasteiger partial charge on any atom is 0.128 e. The van der Waals surface area contributed by atoms with Gasteiger partial charge in [0.2, 0.25) is 0 Å². The molecule has 0 spiro atoms. The van der Waals surface area contributed by atoms with Crippen molar-refractivity contribution in [3.05, 3.63) is 35.1 Å². The summed E-state index contributed by atoms with van der Waals surface area (Å²) >= 11 is 0. The summed E-state index contributed by atoms with van der Waals surface area (Å²) in [7, 11) is 0. The molecule has 1 heterocycles. The average Bonchev–Trinajstić information content (AvgIpc) is 2.38. The van der Waals surface area contributed by atoms with Crippen LogP contribution in [0.2, 0.25) is 0 Å². The molecule has 3 rings (SSSR count). The third kappa shape index (κ3) is 4.10. The SMILES string of the molecule is Cc1ccc(F)c([C@H](C2CCC2)N2CCNCC2)c1.Cl.Cl. The van der Waals surface area contributed by atoms with E-state index in [1.54, 1.807) is 6.07 Å². The van der Waals surface area contributed by atoms with Crippen molar-refractivity contribution in [2.24, 2.45) is 5.92 Å². The third-order valence-electron chi connectivity index (χ3n) is 4.61. The lowest BCUT2D eigenvalue weighted by Crippen LogP contribution is -2.48. The van der Waals surface area contributed by atoms with Crippen molar-refractivity contribution in [1.29, 1.82) is 0 Å². The number of halogens is 3. The van der Waals surface area contributed by atoms with Gasteiger partial charge in [-0.3, -0.25) is 4.90 Å². The second-order valence-corrected chi connectivity index (χ2v) is 5.95. The van der Waals surface area contributed by atoms with E-state index in [-0.39, 0.29) is 36.7 Å². The Bertz CT molecular complexity index is 446. The number of aryl methyl sites for hydroxylation is 1. The van der Waals surface area contributed by atoms with Crippen LogP contribution in [0.1, 0.15) is 36.4 Å². The highest BCUT2D eigenvalue weighted by Gasteiger charge is 2.34. The fourth-order valence-electron chi connectivity index (χ4n) is 3.35. The molecule has 0 radical (unpaired) electrons. The quantitative estimate of drug-likeness (QED) is 0.906. The second-order valence-electron chi connectivity index (χ2n) is 5.95. The standard InChI is InChI=1S/C16H23FN2.2ClH/c1-12-5-6-15(17)14(11-12)16(13-3-2-4-13)19-9-7-18-8-10-19;;/h5-6,11,13,16,18H,2-4,7-10H2,1H3;2*1H/t16-;;/m0../s1. The van der Waals surface area contributed by atoms with Crippen molar-refractivity contribution >= 4 is 24.8 Å². The van der Waals surface area contributed by atoms with E-state index >= 15 is 0 Å². The number of piperazine rings is 1. The predicted octanol–water partition coefficient (Wildman–Crippen LogP) is 3.72. The Morgan fingerprint density at radius 1 is 1.19 bits per heavy atom. The number of hydrogen-bond donors (Lipinski definition) is 1. The fourth-order valence-corrected chi connectivity index (χ4v) is 3.35. The molecule has 2 nitrogen and oxygen atoms in total. The van der Waals surface area contributed by atoms with Crippen LogP contribution in [0.3, 0.4) is 0 Å². The van der Waals surface area contributed by atoms with E-state index in [2.05, 4.69) is 23.2 Å². The van der Waals surface area contributed by atoms with Crippen molar-refractivity contribution in [3.8, 4) is 0 Å². The fraction of sp³-hybridized carbons (Fsp3) is 0.625. The van der Waals surface area contributed by atoms with Crippen molar-refractivity contribution in [2.45, 2.75) is 32.2 Å². The zero-order valence-electron chi connectivity index (χ0n) is 12.5. The molecule has 0 aromatic heterocycles. The summed E-state index contributed by atoms with van der Waals surface area (Å²) in [5, 5.41) is 3.39. The van der Waals surface area contributed by atoms with Crippen molar-refractivity contribution < 1.29 is 4.39 Å². The van der Waals surface area contributed by atoms with Crippen molar-refractivity contribution in [1.82, 2.24) is 10.2 Å². The lowest BCUT2D eigenvalue weighted by atomic mass is 9.76. The maximum absolute atomic E-state index is 14.3. The summed E-state index contributed by atoms with van der Waals surface area (Å²) in [6.07, 6.45) is 3.81. The summed E-state index contributed by atoms with van der Waals surface area (Å²) in [5.74, 6) is 0.621. The first-order valence-corrected chi connectivity index (χ1v) is 7.46. The van der Waals surface area contributed by atoms with Gasteiger partial charge in [-0.05, 0) is 31.7 Å². The predicted molar refractivity (Wildman–Crippen MR) is 90.2 cm³/mol. The van der Waals surface area contributed by atoms with E-state index in [9.17, 15) is 4.39 Å². The highest BCUT2D eigenvalue weighted by atomic mass is 35.5. The summed E-state index contributed by atoms with van der Waals surface area (Å²) in [6.45, 7) is 6.18. The van der Waals surface area contributed by atoms with Crippen LogP contribution in [0.4, 0.5) is 4.39 Å². The Kier molecular flexibility index (Phi) is 7.41. The van der Waals surface area contributed by atoms with Gasteiger partial charge in [0, 0.05) is 37.8 Å². The minimum Gasteiger partial charge on any atom is -0.314 e. The minimum atomic E-state index is -0.0268. The number of benzene rings is 1. The Hall–Kier alpha value is -0.350. The van der Waals surface area contributed by atoms with Gasteiger partial charge in [-0.25, -0.2) is 4.39 Å². The molecule has 1 aromatic rings. The first-order chi connectivity index (χ1) is 9.25. The van der Waals surface area contributed by atoms with E-state index < -0.39 is 0 Å². The van der Waals surface area contributed by atoms with Crippen LogP contribution < -0.4 is 5.32 Å². The van der Waals surface area contributed by atoms with Gasteiger partial charge in [0.15, 0.2) is 0 Å². The smallest absolute Gasteiger partial charge is 0.128 e. The molecule has 1 atom stereocenters. The van der Waals surface area contributed by atoms with Gasteiger partial charge in [-0.15, -0.1) is 24.8 Å². The first-order valence-electron chi connectivity index (χ1n) is 7.46. The van der Waals surface area contributed by atoms with Crippen molar-refractivity contribution in [2.75, 3.05) is 26.2 Å². The summed E-state index contributed by atoms with van der Waals surface area (Å²) in [6, 6.07) is 5.85. The number of rotatable bonds is 3. The molecule has 21 heavy (non-hydrogen) atoms. The molecule has 2 fully saturated rings. The number of nitrogens with zero attached hydrogens (tertiary/aromatic N) is 1. The monoisotopic (exact) mass is 334 g/mol. The molecule has 0 unspecified atom stereocenters. The molecule has 1 aliphatic heterocycles. The third-order valence-corrected chi connectivity index (χ3v) is 4.61. The summed E-state index contributed by atoms with van der Waals surface area (Å²) < 4.78 is 14.3. The van der Waals surface area contributed by atoms with Crippen LogP contribution in [0.25, 0.3) is 0 Å². The van der Waals surface area contributed by atoms with Gasteiger partial charge in [0.05, 0.1) is 0 Å². The van der Waals surface area contributed by atoms with E-state index in [1.807, 2.05) is 6.07 Å². The highest BCUT2D eigenvalue weighted by molar-refractivity contribution is 5.85. The first kappa shape index (κ1) is 18.7. The molecule has 1 saturated heterocycles. The van der Waals surface area contributed by atoms with Gasteiger partial charge >= 0.3 is 0 Å². The molecule has 120 valence electrons. The average molecular weight is 335 g/mol. The van der Waals surface area contributed by atoms with Crippen molar-refractivity contribution in [3.63, 3.8) is 0 Å². The van der Waals surface area contributed by atoms with Crippen LogP contribution in [-0.2, 0) is 0 Å². The molecule has 5 heteroatoms. The number of nitrogens with one attached hydrogen (secondary N) is 1. The topological polar surface area (TPSA) is 15.3 Å². The van der Waals surface area contributed by atoms with Crippen LogP contribution in [0.15, 0.2) is 18.2 Å². The van der Waals surface area contributed by atoms with Gasteiger partial charge in [-0.1, -0.05) is 24.1 Å². The van der Waals surface area contributed by atoms with E-state index in [0.717, 1.165) is 37.3 Å². The number of hydrogen-bond acceptors (Lipinski definition) is 2. The largest absolute Gasteiger partial charge is 0.314 e. The minimum absolute atomic E-state index is 0. The lowest BCUT2D eigenvalue weighted by molar-refractivity contribution is 0.0811. The molecular formula is C16H25Cl2FN2. The van der Waals surface area contributed by atoms with Crippen LogP contribution in [0, 0.1) is 18.7 Å². The van der Waals surface area contributed by atoms with Gasteiger partial charge in [0.1, 0.15) is 5.82 Å². The Morgan fingerprint density at radius 3 is 2.43 bits per heavy atom. The molecule has 1 aromatic carbocycles. The van der Waals surface area contributed by atoms with E-state index in [0.29, 0.717) is 5.92 Å². The molecule has 1 saturated carbocycles. The van der Waals surface area contributed by atoms with Gasteiger partial charge in [0.25, 0.3) is 0 Å². The maximum atomic E-state index is 14.3. The van der Waals surface area contributed by atoms with Crippen LogP contribution in [-0.4, -0.2) is 31.1 Å². The molecule has 1 N–H and O–H groups in total. The van der Waals surface area contributed by atoms with Crippen LogP contribution >= 0.6 is 24.8 Å². The van der Waals surface area contributed by atoms with Gasteiger partial charge in [-0.2, -0.15) is 0 Å². The van der Waals surface area contributed by atoms with Gasteiger partial charge < -0.3 is 5.32 Å². The summed E-state index contributed by atoms with van der Waals surface area (Å²) in [5.41, 5.74) is 2.09. The zero-order chi connectivity index (χ0) is 13.2. The Labute approximate surface area is 139 Å². The molecule has 0 bridgehead atoms. The lowest BCUT2D eigenvalue weighted by Gasteiger charge is -2.43. The molecule has 2 aliphatic rings. The molecular weight excluding hydrogens is 310 g/mol.